The summed E-state index contributed by atoms with van der Waals surface area (Å²) >= 11 is 0. The summed E-state index contributed by atoms with van der Waals surface area (Å²) in [4.78, 5) is 4.10. The second-order valence-corrected chi connectivity index (χ2v) is 4.20. The molecule has 0 bridgehead atoms. The Balaban J connectivity index is 2.04. The Morgan fingerprint density at radius 3 is 2.89 bits per heavy atom. The molecule has 0 aliphatic carbocycles. The predicted octanol–water partition coefficient (Wildman–Crippen LogP) is 3.16. The molecule has 3 nitrogen and oxygen atoms in total. The van der Waals surface area contributed by atoms with E-state index in [9.17, 15) is 8.78 Å². The lowest BCUT2D eigenvalue weighted by Gasteiger charge is -2.00. The number of oxazole rings is 1. The standard InChI is InChI=1S/C14H16F2N2O/c1-2-17-7-3-4-14-18-9-13(19-14)11-6-5-10(15)8-12(11)16/h5-6,8-9,17H,2-4,7H2,1H3. The summed E-state index contributed by atoms with van der Waals surface area (Å²) in [6.07, 6.45) is 3.06. The Morgan fingerprint density at radius 2 is 2.16 bits per heavy atom. The highest BCUT2D eigenvalue weighted by Gasteiger charge is 2.11. The van der Waals surface area contributed by atoms with Gasteiger partial charge in [0, 0.05) is 12.5 Å². The third-order valence-electron chi connectivity index (χ3n) is 2.74. The molecule has 0 unspecified atom stereocenters. The van der Waals surface area contributed by atoms with Crippen molar-refractivity contribution in [1.29, 1.82) is 0 Å². The minimum Gasteiger partial charge on any atom is -0.441 e. The molecule has 0 atom stereocenters. The number of halogens is 2. The Kier molecular flexibility index (Phi) is 4.63. The fourth-order valence-electron chi connectivity index (χ4n) is 1.78. The molecule has 1 heterocycles. The van der Waals surface area contributed by atoms with Crippen molar-refractivity contribution < 1.29 is 13.2 Å². The van der Waals surface area contributed by atoms with Crippen molar-refractivity contribution in [3.63, 3.8) is 0 Å². The number of rotatable bonds is 6. The van der Waals surface area contributed by atoms with Gasteiger partial charge in [0.1, 0.15) is 11.6 Å². The van der Waals surface area contributed by atoms with Gasteiger partial charge in [-0.3, -0.25) is 0 Å². The minimum absolute atomic E-state index is 0.229. The molecule has 0 saturated carbocycles. The Hall–Kier alpha value is -1.75. The highest BCUT2D eigenvalue weighted by atomic mass is 19.1. The molecule has 102 valence electrons. The second kappa shape index (κ2) is 6.43. The van der Waals surface area contributed by atoms with Crippen molar-refractivity contribution in [2.75, 3.05) is 13.1 Å². The van der Waals surface area contributed by atoms with E-state index in [2.05, 4.69) is 10.3 Å². The van der Waals surface area contributed by atoms with E-state index in [0.29, 0.717) is 18.1 Å². The number of nitrogens with zero attached hydrogens (tertiary/aromatic N) is 1. The van der Waals surface area contributed by atoms with Gasteiger partial charge >= 0.3 is 0 Å². The van der Waals surface area contributed by atoms with E-state index in [1.54, 1.807) is 0 Å². The summed E-state index contributed by atoms with van der Waals surface area (Å²) in [5.41, 5.74) is 0.229. The van der Waals surface area contributed by atoms with E-state index in [0.717, 1.165) is 25.6 Å². The highest BCUT2D eigenvalue weighted by molar-refractivity contribution is 5.57. The first-order valence-electron chi connectivity index (χ1n) is 6.31. The fourth-order valence-corrected chi connectivity index (χ4v) is 1.78. The van der Waals surface area contributed by atoms with Crippen LogP contribution >= 0.6 is 0 Å². The topological polar surface area (TPSA) is 38.1 Å². The normalized spacial score (nSPS) is 10.9. The molecular formula is C14H16F2N2O. The van der Waals surface area contributed by atoms with Crippen LogP contribution in [0.5, 0.6) is 0 Å². The second-order valence-electron chi connectivity index (χ2n) is 4.20. The molecule has 0 spiro atoms. The summed E-state index contributed by atoms with van der Waals surface area (Å²) in [6.45, 7) is 3.86. The zero-order valence-electron chi connectivity index (χ0n) is 10.7. The Morgan fingerprint density at radius 1 is 1.32 bits per heavy atom. The molecular weight excluding hydrogens is 250 g/mol. The van der Waals surface area contributed by atoms with Gasteiger partial charge in [-0.05, 0) is 31.6 Å². The maximum atomic E-state index is 13.6. The van der Waals surface area contributed by atoms with Crippen LogP contribution in [0, 0.1) is 11.6 Å². The number of hydrogen-bond acceptors (Lipinski definition) is 3. The molecule has 0 radical (unpaired) electrons. The van der Waals surface area contributed by atoms with Crippen LogP contribution in [-0.4, -0.2) is 18.1 Å². The van der Waals surface area contributed by atoms with Crippen LogP contribution in [0.15, 0.2) is 28.8 Å². The SMILES string of the molecule is CCNCCCc1ncc(-c2ccc(F)cc2F)o1. The van der Waals surface area contributed by atoms with E-state index in [1.807, 2.05) is 6.92 Å². The summed E-state index contributed by atoms with van der Waals surface area (Å²) in [7, 11) is 0. The average Bonchev–Trinajstić information content (AvgIpc) is 2.83. The van der Waals surface area contributed by atoms with Gasteiger partial charge in [-0.2, -0.15) is 0 Å². The largest absolute Gasteiger partial charge is 0.441 e. The summed E-state index contributed by atoms with van der Waals surface area (Å²) in [6, 6.07) is 3.39. The quantitative estimate of drug-likeness (QED) is 0.816. The molecule has 1 N–H and O–H groups in total. The number of benzene rings is 1. The first-order chi connectivity index (χ1) is 9.20. The average molecular weight is 266 g/mol. The third-order valence-corrected chi connectivity index (χ3v) is 2.74. The number of aromatic nitrogens is 1. The van der Waals surface area contributed by atoms with Crippen LogP contribution in [0.25, 0.3) is 11.3 Å². The molecule has 2 rings (SSSR count). The lowest BCUT2D eigenvalue weighted by atomic mass is 10.2. The van der Waals surface area contributed by atoms with Gasteiger partial charge in [0.2, 0.25) is 0 Å². The summed E-state index contributed by atoms with van der Waals surface area (Å²) in [5, 5.41) is 3.20. The van der Waals surface area contributed by atoms with Gasteiger partial charge < -0.3 is 9.73 Å². The number of aryl methyl sites for hydroxylation is 1. The molecule has 1 aromatic carbocycles. The van der Waals surface area contributed by atoms with Gasteiger partial charge in [0.05, 0.1) is 11.8 Å². The smallest absolute Gasteiger partial charge is 0.194 e. The van der Waals surface area contributed by atoms with Gasteiger partial charge in [0.25, 0.3) is 0 Å². The maximum Gasteiger partial charge on any atom is 0.194 e. The molecule has 2 aromatic rings. The van der Waals surface area contributed by atoms with Crippen LogP contribution in [0.1, 0.15) is 19.2 Å². The molecule has 0 aliphatic heterocycles. The monoisotopic (exact) mass is 266 g/mol. The lowest BCUT2D eigenvalue weighted by molar-refractivity contribution is 0.489. The van der Waals surface area contributed by atoms with Gasteiger partial charge in [-0.15, -0.1) is 0 Å². The third kappa shape index (κ3) is 3.61. The molecule has 5 heteroatoms. The number of hydrogen-bond donors (Lipinski definition) is 1. The van der Waals surface area contributed by atoms with Gasteiger partial charge in [-0.1, -0.05) is 6.92 Å². The van der Waals surface area contributed by atoms with Crippen LogP contribution in [-0.2, 0) is 6.42 Å². The zero-order chi connectivity index (χ0) is 13.7. The van der Waals surface area contributed by atoms with Crippen molar-refractivity contribution in [3.8, 4) is 11.3 Å². The van der Waals surface area contributed by atoms with Crippen LogP contribution < -0.4 is 5.32 Å². The minimum atomic E-state index is -0.643. The van der Waals surface area contributed by atoms with Crippen molar-refractivity contribution >= 4 is 0 Å². The highest BCUT2D eigenvalue weighted by Crippen LogP contribution is 2.24. The molecule has 0 fully saturated rings. The van der Waals surface area contributed by atoms with Crippen molar-refractivity contribution in [2.24, 2.45) is 0 Å². The fraction of sp³-hybridized carbons (Fsp3) is 0.357. The number of nitrogens with one attached hydrogen (secondary N) is 1. The zero-order valence-corrected chi connectivity index (χ0v) is 10.7. The van der Waals surface area contributed by atoms with Crippen LogP contribution in [0.2, 0.25) is 0 Å². The molecule has 0 saturated heterocycles. The first-order valence-corrected chi connectivity index (χ1v) is 6.31. The van der Waals surface area contributed by atoms with E-state index >= 15 is 0 Å². The Labute approximate surface area is 110 Å². The summed E-state index contributed by atoms with van der Waals surface area (Å²) < 4.78 is 31.8. The van der Waals surface area contributed by atoms with Crippen molar-refractivity contribution in [1.82, 2.24) is 10.3 Å². The molecule has 1 aromatic heterocycles. The van der Waals surface area contributed by atoms with E-state index in [-0.39, 0.29) is 5.56 Å². The van der Waals surface area contributed by atoms with E-state index < -0.39 is 11.6 Å². The van der Waals surface area contributed by atoms with E-state index in [1.165, 1.54) is 18.3 Å². The van der Waals surface area contributed by atoms with E-state index in [4.69, 9.17) is 4.42 Å². The molecule has 0 aliphatic rings. The predicted molar refractivity (Wildman–Crippen MR) is 68.7 cm³/mol. The van der Waals surface area contributed by atoms with Crippen LogP contribution in [0.4, 0.5) is 8.78 Å². The van der Waals surface area contributed by atoms with Gasteiger partial charge in [-0.25, -0.2) is 13.8 Å². The van der Waals surface area contributed by atoms with Crippen molar-refractivity contribution in [2.45, 2.75) is 19.8 Å². The maximum absolute atomic E-state index is 13.6. The Bertz CT molecular complexity index is 540. The van der Waals surface area contributed by atoms with Gasteiger partial charge in [0.15, 0.2) is 11.7 Å². The molecule has 19 heavy (non-hydrogen) atoms. The van der Waals surface area contributed by atoms with Crippen LogP contribution in [0.3, 0.4) is 0 Å². The first kappa shape index (κ1) is 13.7. The molecule has 0 amide bonds. The lowest BCUT2D eigenvalue weighted by Crippen LogP contribution is -2.14. The summed E-state index contributed by atoms with van der Waals surface area (Å²) in [5.74, 6) is -0.352. The van der Waals surface area contributed by atoms with Crippen molar-refractivity contribution in [3.05, 3.63) is 41.9 Å².